The van der Waals surface area contributed by atoms with Gasteiger partial charge in [-0.3, -0.25) is 4.72 Å². The Morgan fingerprint density at radius 3 is 2.33 bits per heavy atom. The number of hydrogen-bond donors (Lipinski definition) is 1. The Morgan fingerprint density at radius 1 is 1.11 bits per heavy atom. The second-order valence-corrected chi connectivity index (χ2v) is 7.74. The van der Waals surface area contributed by atoms with Crippen LogP contribution in [0.4, 0.5) is 5.69 Å². The molecule has 0 atom stereocenters. The van der Waals surface area contributed by atoms with Crippen molar-refractivity contribution in [1.29, 1.82) is 0 Å². The smallest absolute Gasteiger partial charge is 0.264 e. The van der Waals surface area contributed by atoms with Crippen molar-refractivity contribution in [3.63, 3.8) is 0 Å². The summed E-state index contributed by atoms with van der Waals surface area (Å²) in [5.74, 6) is 1.23. The molecule has 9 heteroatoms. The van der Waals surface area contributed by atoms with Gasteiger partial charge in [0.25, 0.3) is 15.9 Å². The van der Waals surface area contributed by atoms with E-state index in [1.165, 1.54) is 0 Å². The van der Waals surface area contributed by atoms with Gasteiger partial charge in [0.15, 0.2) is 0 Å². The first-order chi connectivity index (χ1) is 12.7. The number of benzene rings is 1. The standard InChI is InChI=1S/C18H22N4O4S/c1-6-25-15-9-7-14(8-10-15)21-27(23,24)17-12(3)22(5)11(2)16(17)18-20-19-13(4)26-18/h7-10,21H,6H2,1-5H3. The van der Waals surface area contributed by atoms with E-state index >= 15 is 0 Å². The zero-order valence-corrected chi connectivity index (χ0v) is 16.7. The number of aryl methyl sites for hydroxylation is 1. The summed E-state index contributed by atoms with van der Waals surface area (Å²) in [5, 5.41) is 7.83. The summed E-state index contributed by atoms with van der Waals surface area (Å²) in [6.07, 6.45) is 0. The van der Waals surface area contributed by atoms with Crippen molar-refractivity contribution in [2.24, 2.45) is 7.05 Å². The Balaban J connectivity index is 2.05. The summed E-state index contributed by atoms with van der Waals surface area (Å²) in [6.45, 7) is 7.65. The molecule has 0 fully saturated rings. The third kappa shape index (κ3) is 3.55. The van der Waals surface area contributed by atoms with Gasteiger partial charge in [-0.25, -0.2) is 8.42 Å². The highest BCUT2D eigenvalue weighted by molar-refractivity contribution is 7.93. The molecule has 0 aliphatic heterocycles. The van der Waals surface area contributed by atoms with Crippen LogP contribution in [0.2, 0.25) is 0 Å². The quantitative estimate of drug-likeness (QED) is 0.694. The van der Waals surface area contributed by atoms with Gasteiger partial charge in [0.2, 0.25) is 5.89 Å². The Kier molecular flexibility index (Phi) is 4.97. The maximum Gasteiger partial charge on any atom is 0.264 e. The lowest BCUT2D eigenvalue weighted by Gasteiger charge is -2.10. The van der Waals surface area contributed by atoms with Crippen LogP contribution >= 0.6 is 0 Å². The van der Waals surface area contributed by atoms with Gasteiger partial charge >= 0.3 is 0 Å². The predicted octanol–water partition coefficient (Wildman–Crippen LogP) is 3.20. The fourth-order valence-electron chi connectivity index (χ4n) is 2.89. The number of sulfonamides is 1. The van der Waals surface area contributed by atoms with E-state index < -0.39 is 10.0 Å². The molecule has 1 N–H and O–H groups in total. The fraction of sp³-hybridized carbons (Fsp3) is 0.333. The number of rotatable bonds is 6. The molecule has 3 aromatic rings. The number of aromatic nitrogens is 3. The van der Waals surface area contributed by atoms with E-state index in [0.717, 1.165) is 5.69 Å². The lowest BCUT2D eigenvalue weighted by Crippen LogP contribution is -2.14. The van der Waals surface area contributed by atoms with Crippen molar-refractivity contribution >= 4 is 15.7 Å². The first kappa shape index (κ1) is 19.0. The molecule has 0 aliphatic rings. The predicted molar refractivity (Wildman–Crippen MR) is 101 cm³/mol. The third-order valence-corrected chi connectivity index (χ3v) is 5.89. The van der Waals surface area contributed by atoms with Gasteiger partial charge in [-0.15, -0.1) is 10.2 Å². The van der Waals surface area contributed by atoms with Gasteiger partial charge < -0.3 is 13.7 Å². The molecule has 27 heavy (non-hydrogen) atoms. The molecule has 0 unspecified atom stereocenters. The molecule has 2 aromatic heterocycles. The Morgan fingerprint density at radius 2 is 1.78 bits per heavy atom. The van der Waals surface area contributed by atoms with Crippen molar-refractivity contribution in [2.75, 3.05) is 11.3 Å². The first-order valence-electron chi connectivity index (χ1n) is 8.46. The zero-order valence-electron chi connectivity index (χ0n) is 15.9. The van der Waals surface area contributed by atoms with Gasteiger partial charge in [-0.1, -0.05) is 0 Å². The number of nitrogens with one attached hydrogen (secondary N) is 1. The summed E-state index contributed by atoms with van der Waals surface area (Å²) < 4.78 is 41.6. The molecule has 0 amide bonds. The van der Waals surface area contributed by atoms with E-state index in [4.69, 9.17) is 9.15 Å². The Bertz CT molecular complexity index is 1070. The molecular formula is C18H22N4O4S. The monoisotopic (exact) mass is 390 g/mol. The largest absolute Gasteiger partial charge is 0.494 e. The third-order valence-electron chi connectivity index (χ3n) is 4.35. The average molecular weight is 390 g/mol. The number of hydrogen-bond acceptors (Lipinski definition) is 6. The van der Waals surface area contributed by atoms with Crippen LogP contribution in [0.15, 0.2) is 33.6 Å². The molecule has 8 nitrogen and oxygen atoms in total. The number of anilines is 1. The summed E-state index contributed by atoms with van der Waals surface area (Å²) in [5.41, 5.74) is 2.15. The van der Waals surface area contributed by atoms with Gasteiger partial charge in [0.1, 0.15) is 10.6 Å². The molecule has 0 saturated heterocycles. The van der Waals surface area contributed by atoms with Crippen molar-refractivity contribution in [2.45, 2.75) is 32.6 Å². The molecule has 2 heterocycles. The molecule has 144 valence electrons. The summed E-state index contributed by atoms with van der Waals surface area (Å²) >= 11 is 0. The van der Waals surface area contributed by atoms with Gasteiger partial charge in [0, 0.05) is 31.0 Å². The Labute approximate surface area is 158 Å². The van der Waals surface area contributed by atoms with E-state index in [9.17, 15) is 8.42 Å². The van der Waals surface area contributed by atoms with Gasteiger partial charge in [-0.05, 0) is 45.0 Å². The maximum atomic E-state index is 13.2. The van der Waals surface area contributed by atoms with Crippen LogP contribution in [0, 0.1) is 20.8 Å². The highest BCUT2D eigenvalue weighted by Gasteiger charge is 2.30. The summed E-state index contributed by atoms with van der Waals surface area (Å²) in [4.78, 5) is 0.125. The van der Waals surface area contributed by atoms with Crippen molar-refractivity contribution in [1.82, 2.24) is 14.8 Å². The van der Waals surface area contributed by atoms with E-state index in [-0.39, 0.29) is 10.8 Å². The highest BCUT2D eigenvalue weighted by atomic mass is 32.2. The number of ether oxygens (including phenoxy) is 1. The second-order valence-electron chi connectivity index (χ2n) is 6.12. The summed E-state index contributed by atoms with van der Waals surface area (Å²) in [7, 11) is -2.08. The molecule has 0 radical (unpaired) electrons. The maximum absolute atomic E-state index is 13.2. The molecule has 0 saturated carbocycles. The minimum absolute atomic E-state index is 0.125. The first-order valence-corrected chi connectivity index (χ1v) is 9.95. The van der Waals surface area contributed by atoms with Crippen LogP contribution in [0.25, 0.3) is 11.5 Å². The molecule has 0 aliphatic carbocycles. The van der Waals surface area contributed by atoms with Crippen LogP contribution < -0.4 is 9.46 Å². The summed E-state index contributed by atoms with van der Waals surface area (Å²) in [6, 6.07) is 6.74. The molecule has 3 rings (SSSR count). The lowest BCUT2D eigenvalue weighted by atomic mass is 10.2. The number of nitrogens with zero attached hydrogens (tertiary/aromatic N) is 3. The minimum Gasteiger partial charge on any atom is -0.494 e. The van der Waals surface area contributed by atoms with Gasteiger partial charge in [0.05, 0.1) is 12.2 Å². The highest BCUT2D eigenvalue weighted by Crippen LogP contribution is 2.35. The van der Waals surface area contributed by atoms with Gasteiger partial charge in [-0.2, -0.15) is 0 Å². The van der Waals surface area contributed by atoms with Crippen LogP contribution in [-0.2, 0) is 17.1 Å². The lowest BCUT2D eigenvalue weighted by molar-refractivity contribution is 0.340. The molecule has 0 spiro atoms. The molecular weight excluding hydrogens is 368 g/mol. The molecule has 1 aromatic carbocycles. The normalized spacial score (nSPS) is 11.6. The van der Waals surface area contributed by atoms with Crippen LogP contribution in [0.1, 0.15) is 24.2 Å². The average Bonchev–Trinajstić information content (AvgIpc) is 3.13. The van der Waals surface area contributed by atoms with Crippen LogP contribution in [0.3, 0.4) is 0 Å². The van der Waals surface area contributed by atoms with Crippen molar-refractivity contribution < 1.29 is 17.6 Å². The SMILES string of the molecule is CCOc1ccc(NS(=O)(=O)c2c(-c3nnc(C)o3)c(C)n(C)c2C)cc1. The van der Waals surface area contributed by atoms with E-state index in [2.05, 4.69) is 14.9 Å². The zero-order chi connectivity index (χ0) is 19.8. The van der Waals surface area contributed by atoms with E-state index in [1.807, 2.05) is 13.8 Å². The van der Waals surface area contributed by atoms with E-state index in [0.29, 0.717) is 35.2 Å². The second kappa shape index (κ2) is 7.07. The van der Waals surface area contributed by atoms with Crippen LogP contribution in [0.5, 0.6) is 5.75 Å². The van der Waals surface area contributed by atoms with Crippen molar-refractivity contribution in [3.8, 4) is 17.2 Å². The minimum atomic E-state index is -3.88. The Hall–Kier alpha value is -2.81. The fourth-order valence-corrected chi connectivity index (χ4v) is 4.47. The van der Waals surface area contributed by atoms with E-state index in [1.54, 1.807) is 49.7 Å². The van der Waals surface area contributed by atoms with Crippen LogP contribution in [-0.4, -0.2) is 29.8 Å². The van der Waals surface area contributed by atoms with Crippen molar-refractivity contribution in [3.05, 3.63) is 41.5 Å². The topological polar surface area (TPSA) is 99.2 Å². The molecule has 0 bridgehead atoms.